The Bertz CT molecular complexity index is 1080. The van der Waals surface area contributed by atoms with Gasteiger partial charge in [0.15, 0.2) is 5.13 Å². The number of nitrogens with zero attached hydrogens (tertiary/aromatic N) is 3. The Labute approximate surface area is 207 Å². The molecule has 1 aliphatic rings. The molecule has 0 bridgehead atoms. The van der Waals surface area contributed by atoms with Gasteiger partial charge in [-0.05, 0) is 55.5 Å². The number of fused-ring (bicyclic) bond motifs is 1. The van der Waals surface area contributed by atoms with Crippen molar-refractivity contribution < 1.29 is 9.53 Å². The van der Waals surface area contributed by atoms with Crippen LogP contribution >= 0.6 is 23.7 Å². The molecule has 0 spiro atoms. The molecule has 0 radical (unpaired) electrons. The van der Waals surface area contributed by atoms with Gasteiger partial charge in [-0.3, -0.25) is 14.6 Å². The second-order valence-electron chi connectivity index (χ2n) is 8.61. The van der Waals surface area contributed by atoms with Gasteiger partial charge in [0.2, 0.25) is 5.91 Å². The molecule has 178 valence electrons. The molecule has 1 aliphatic heterocycles. The van der Waals surface area contributed by atoms with Crippen LogP contribution in [0.15, 0.2) is 36.4 Å². The monoisotopic (exact) mass is 487 g/mol. The van der Waals surface area contributed by atoms with Crippen LogP contribution in [0.4, 0.5) is 5.13 Å². The van der Waals surface area contributed by atoms with Crippen LogP contribution in [-0.4, -0.2) is 55.2 Å². The number of aryl methyl sites for hydroxylation is 3. The molecule has 1 amide bonds. The van der Waals surface area contributed by atoms with Crippen LogP contribution in [0.3, 0.4) is 0 Å². The summed E-state index contributed by atoms with van der Waals surface area (Å²) in [6.45, 7) is 11.5. The largest absolute Gasteiger partial charge is 0.379 e. The van der Waals surface area contributed by atoms with Crippen LogP contribution in [0.1, 0.15) is 35.6 Å². The molecule has 1 aromatic heterocycles. The minimum absolute atomic E-state index is 0. The summed E-state index contributed by atoms with van der Waals surface area (Å²) >= 11 is 1.63. The highest BCUT2D eigenvalue weighted by molar-refractivity contribution is 7.22. The van der Waals surface area contributed by atoms with Crippen LogP contribution in [0, 0.1) is 13.8 Å². The molecule has 0 aliphatic carbocycles. The van der Waals surface area contributed by atoms with Gasteiger partial charge in [0.1, 0.15) is 0 Å². The molecule has 33 heavy (non-hydrogen) atoms. The fourth-order valence-corrected chi connectivity index (χ4v) is 5.22. The average Bonchev–Trinajstić information content (AvgIpc) is 3.22. The Balaban J connectivity index is 0.00000306. The van der Waals surface area contributed by atoms with E-state index in [1.54, 1.807) is 11.3 Å². The van der Waals surface area contributed by atoms with Crippen LogP contribution in [0.5, 0.6) is 0 Å². The summed E-state index contributed by atoms with van der Waals surface area (Å²) in [5.74, 6) is 0.121. The van der Waals surface area contributed by atoms with Gasteiger partial charge in [-0.15, -0.1) is 12.4 Å². The minimum Gasteiger partial charge on any atom is -0.379 e. The van der Waals surface area contributed by atoms with Gasteiger partial charge >= 0.3 is 0 Å². The van der Waals surface area contributed by atoms with Crippen LogP contribution in [0.2, 0.25) is 0 Å². The van der Waals surface area contributed by atoms with Crippen molar-refractivity contribution in [2.45, 2.75) is 40.0 Å². The number of anilines is 1. The standard InChI is InChI=1S/C26H33N3O2S.ClH/c1-4-21-8-9-23-24(17-21)32-26(27-23)29(11-5-10-28-12-14-31-15-13-28)25(30)18-22-16-19(2)6-7-20(22)3;/h6-9,16-17H,4-5,10-15,18H2,1-3H3;1H. The molecule has 2 heterocycles. The number of carbonyl (C=O) groups is 1. The number of carbonyl (C=O) groups excluding carboxylic acids is 1. The van der Waals surface area contributed by atoms with Crippen molar-refractivity contribution in [3.8, 4) is 0 Å². The highest BCUT2D eigenvalue weighted by atomic mass is 35.5. The van der Waals surface area contributed by atoms with Gasteiger partial charge in [0, 0.05) is 26.2 Å². The number of halogens is 1. The number of ether oxygens (including phenoxy) is 1. The number of rotatable bonds is 8. The number of amides is 1. The first kappa shape index (κ1) is 25.6. The van der Waals surface area contributed by atoms with Gasteiger partial charge in [-0.25, -0.2) is 4.98 Å². The van der Waals surface area contributed by atoms with E-state index in [1.165, 1.54) is 11.1 Å². The minimum atomic E-state index is 0. The zero-order valence-electron chi connectivity index (χ0n) is 19.8. The molecule has 1 saturated heterocycles. The third-order valence-electron chi connectivity index (χ3n) is 6.19. The molecule has 0 N–H and O–H groups in total. The smallest absolute Gasteiger partial charge is 0.233 e. The van der Waals surface area contributed by atoms with E-state index in [-0.39, 0.29) is 18.3 Å². The lowest BCUT2D eigenvalue weighted by molar-refractivity contribution is -0.118. The number of thiazole rings is 1. The van der Waals surface area contributed by atoms with E-state index in [1.807, 2.05) is 4.90 Å². The lowest BCUT2D eigenvalue weighted by atomic mass is 10.0. The van der Waals surface area contributed by atoms with Crippen molar-refractivity contribution >= 4 is 45.0 Å². The van der Waals surface area contributed by atoms with Crippen molar-refractivity contribution in [1.82, 2.24) is 9.88 Å². The van der Waals surface area contributed by atoms with Crippen LogP contribution in [0.25, 0.3) is 10.2 Å². The Morgan fingerprint density at radius 3 is 2.70 bits per heavy atom. The van der Waals surface area contributed by atoms with Crippen molar-refractivity contribution in [3.63, 3.8) is 0 Å². The summed E-state index contributed by atoms with van der Waals surface area (Å²) in [6.07, 6.45) is 2.33. The second kappa shape index (κ2) is 11.9. The molecule has 4 rings (SSSR count). The predicted molar refractivity (Wildman–Crippen MR) is 140 cm³/mol. The van der Waals surface area contributed by atoms with E-state index in [0.717, 1.165) is 72.2 Å². The Kier molecular flexibility index (Phi) is 9.27. The highest BCUT2D eigenvalue weighted by Crippen LogP contribution is 2.30. The number of hydrogen-bond acceptors (Lipinski definition) is 5. The summed E-state index contributed by atoms with van der Waals surface area (Å²) in [7, 11) is 0. The fourth-order valence-electron chi connectivity index (χ4n) is 4.15. The summed E-state index contributed by atoms with van der Waals surface area (Å²) < 4.78 is 6.61. The van der Waals surface area contributed by atoms with Gasteiger partial charge < -0.3 is 4.74 Å². The molecule has 2 aromatic carbocycles. The first-order valence-electron chi connectivity index (χ1n) is 11.6. The van der Waals surface area contributed by atoms with Gasteiger partial charge in [-0.1, -0.05) is 48.1 Å². The zero-order valence-corrected chi connectivity index (χ0v) is 21.4. The third kappa shape index (κ3) is 6.54. The van der Waals surface area contributed by atoms with Crippen molar-refractivity contribution in [2.75, 3.05) is 44.3 Å². The Hall–Kier alpha value is -1.99. The Morgan fingerprint density at radius 1 is 1.15 bits per heavy atom. The molecule has 3 aromatic rings. The van der Waals surface area contributed by atoms with Crippen molar-refractivity contribution in [2.24, 2.45) is 0 Å². The lowest BCUT2D eigenvalue weighted by Crippen LogP contribution is -2.39. The van der Waals surface area contributed by atoms with E-state index < -0.39 is 0 Å². The molecule has 0 atom stereocenters. The summed E-state index contributed by atoms with van der Waals surface area (Å²) in [6, 6.07) is 12.7. The molecular weight excluding hydrogens is 454 g/mol. The number of aromatic nitrogens is 1. The lowest BCUT2D eigenvalue weighted by Gasteiger charge is -2.27. The maximum absolute atomic E-state index is 13.5. The number of hydrogen-bond donors (Lipinski definition) is 0. The maximum atomic E-state index is 13.5. The fraction of sp³-hybridized carbons (Fsp3) is 0.462. The molecular formula is C26H34ClN3O2S. The third-order valence-corrected chi connectivity index (χ3v) is 7.23. The van der Waals surface area contributed by atoms with Crippen LogP contribution in [-0.2, 0) is 22.4 Å². The van der Waals surface area contributed by atoms with E-state index >= 15 is 0 Å². The normalized spacial score (nSPS) is 14.3. The first-order chi connectivity index (χ1) is 15.5. The van der Waals surface area contributed by atoms with E-state index in [0.29, 0.717) is 13.0 Å². The molecule has 0 unspecified atom stereocenters. The average molecular weight is 488 g/mol. The second-order valence-corrected chi connectivity index (χ2v) is 9.62. The van der Waals surface area contributed by atoms with Crippen molar-refractivity contribution in [1.29, 1.82) is 0 Å². The zero-order chi connectivity index (χ0) is 22.5. The number of morpholine rings is 1. The quantitative estimate of drug-likeness (QED) is 0.438. The summed E-state index contributed by atoms with van der Waals surface area (Å²) in [5, 5.41) is 0.811. The first-order valence-corrected chi connectivity index (χ1v) is 12.4. The predicted octanol–water partition coefficient (Wildman–Crippen LogP) is 5.20. The topological polar surface area (TPSA) is 45.7 Å². The summed E-state index contributed by atoms with van der Waals surface area (Å²) in [5.41, 5.74) is 5.72. The van der Waals surface area contributed by atoms with Crippen LogP contribution < -0.4 is 4.90 Å². The Morgan fingerprint density at radius 2 is 1.94 bits per heavy atom. The van der Waals surface area contributed by atoms with E-state index in [9.17, 15) is 4.79 Å². The molecule has 0 saturated carbocycles. The summed E-state index contributed by atoms with van der Waals surface area (Å²) in [4.78, 5) is 22.7. The molecule has 1 fully saturated rings. The SMILES string of the molecule is CCc1ccc2nc(N(CCCN3CCOCC3)C(=O)Cc3cc(C)ccc3C)sc2c1.Cl. The van der Waals surface area contributed by atoms with E-state index in [4.69, 9.17) is 9.72 Å². The highest BCUT2D eigenvalue weighted by Gasteiger charge is 2.21. The van der Waals surface area contributed by atoms with Gasteiger partial charge in [-0.2, -0.15) is 0 Å². The maximum Gasteiger partial charge on any atom is 0.233 e. The van der Waals surface area contributed by atoms with Gasteiger partial charge in [0.05, 0.1) is 29.9 Å². The molecule has 7 heteroatoms. The van der Waals surface area contributed by atoms with Gasteiger partial charge in [0.25, 0.3) is 0 Å². The number of benzene rings is 2. The van der Waals surface area contributed by atoms with E-state index in [2.05, 4.69) is 62.1 Å². The van der Waals surface area contributed by atoms with Crippen molar-refractivity contribution in [3.05, 3.63) is 58.7 Å². The molecule has 5 nitrogen and oxygen atoms in total.